The van der Waals surface area contributed by atoms with E-state index in [9.17, 15) is 0 Å². The Labute approximate surface area is 385 Å². The Kier molecular flexibility index (Phi) is 8.32. The van der Waals surface area contributed by atoms with Gasteiger partial charge in [-0.05, 0) is 111 Å². The van der Waals surface area contributed by atoms with Crippen LogP contribution in [0.5, 0.6) is 0 Å². The summed E-state index contributed by atoms with van der Waals surface area (Å²) in [7, 11) is 0. The van der Waals surface area contributed by atoms with E-state index in [0.29, 0.717) is 5.84 Å². The van der Waals surface area contributed by atoms with E-state index in [4.69, 9.17) is 18.8 Å². The normalized spacial score (nSPS) is 15.5. The Balaban J connectivity index is 1.03. The Morgan fingerprint density at radius 1 is 0.463 bits per heavy atom. The minimum Gasteiger partial charge on any atom is -0.456 e. The molecule has 0 bridgehead atoms. The molecule has 67 heavy (non-hydrogen) atoms. The standard InChI is InChI=1S/C62H41N3O2/c1-2-44-59(42-21-14-20-39(33-42)37-15-4-3-5-16-37)63-62(43-28-32-56-49(35-43)46-23-10-12-25-54(46)66-56)64-60(44)48-29-31-52(58-47-24-11-13-26-55(47)67-61(48)58)65-51-30-27-38-17-8-9-22-45(38)57(51)50-34-40-18-6-7-19-41(40)36-53(50)65/h3-36,44,59H,2H2,1H3. The maximum Gasteiger partial charge on any atom is 0.155 e. The van der Waals surface area contributed by atoms with Crippen molar-refractivity contribution in [1.29, 1.82) is 0 Å². The number of fused-ring (bicyclic) bond motifs is 12. The van der Waals surface area contributed by atoms with Gasteiger partial charge in [-0.2, -0.15) is 0 Å². The number of furan rings is 2. The summed E-state index contributed by atoms with van der Waals surface area (Å²) >= 11 is 0. The van der Waals surface area contributed by atoms with Crippen LogP contribution in [0.1, 0.15) is 36.1 Å². The van der Waals surface area contributed by atoms with Gasteiger partial charge in [0.25, 0.3) is 0 Å². The van der Waals surface area contributed by atoms with E-state index in [1.165, 1.54) is 37.9 Å². The van der Waals surface area contributed by atoms with Gasteiger partial charge in [0.1, 0.15) is 22.3 Å². The zero-order chi connectivity index (χ0) is 44.2. The third-order valence-corrected chi connectivity index (χ3v) is 14.2. The molecule has 4 heterocycles. The maximum absolute atomic E-state index is 7.14. The van der Waals surface area contributed by atoms with Crippen molar-refractivity contribution < 1.29 is 8.83 Å². The van der Waals surface area contributed by atoms with Crippen molar-refractivity contribution in [2.24, 2.45) is 15.9 Å². The maximum atomic E-state index is 7.14. The van der Waals surface area contributed by atoms with Crippen LogP contribution in [0.3, 0.4) is 0 Å². The van der Waals surface area contributed by atoms with Gasteiger partial charge in [-0.25, -0.2) is 4.99 Å². The van der Waals surface area contributed by atoms with Crippen molar-refractivity contribution in [2.45, 2.75) is 19.4 Å². The molecule has 10 aromatic carbocycles. The minimum absolute atomic E-state index is 0.0542. The number of aromatic nitrogens is 1. The molecule has 0 N–H and O–H groups in total. The zero-order valence-electron chi connectivity index (χ0n) is 36.6. The highest BCUT2D eigenvalue weighted by Gasteiger charge is 2.34. The summed E-state index contributed by atoms with van der Waals surface area (Å²) < 4.78 is 15.9. The van der Waals surface area contributed by atoms with Gasteiger partial charge in [0.15, 0.2) is 5.84 Å². The van der Waals surface area contributed by atoms with E-state index < -0.39 is 0 Å². The molecule has 0 radical (unpaired) electrons. The summed E-state index contributed by atoms with van der Waals surface area (Å²) in [5.74, 6) is 0.637. The first-order chi connectivity index (χ1) is 33.2. The van der Waals surface area contributed by atoms with Gasteiger partial charge in [0, 0.05) is 44.0 Å². The van der Waals surface area contributed by atoms with Crippen LogP contribution in [0, 0.1) is 5.92 Å². The molecule has 3 aromatic heterocycles. The fourth-order valence-corrected chi connectivity index (χ4v) is 11.0. The monoisotopic (exact) mass is 859 g/mol. The minimum atomic E-state index is -0.217. The predicted octanol–water partition coefficient (Wildman–Crippen LogP) is 16.6. The fraction of sp³-hybridized carbons (Fsp3) is 0.0645. The van der Waals surface area contributed by atoms with Crippen molar-refractivity contribution in [1.82, 2.24) is 4.57 Å². The lowest BCUT2D eigenvalue weighted by molar-refractivity contribution is 0.532. The van der Waals surface area contributed by atoms with E-state index in [1.807, 2.05) is 12.1 Å². The van der Waals surface area contributed by atoms with E-state index in [-0.39, 0.29) is 12.0 Å². The van der Waals surface area contributed by atoms with Crippen LogP contribution in [-0.4, -0.2) is 16.1 Å². The molecule has 5 heteroatoms. The second-order valence-electron chi connectivity index (χ2n) is 17.9. The first kappa shape index (κ1) is 37.8. The SMILES string of the molecule is CCC1C(c2ccc(-n3c4cc5ccccc5cc4c4c5ccccc5ccc43)c3c2oc2ccccc23)=NC(c2ccc3oc4ccccc4c3c2)=NC1c1cccc(-c2ccccc2)c1. The molecule has 2 atom stereocenters. The van der Waals surface area contributed by atoms with Crippen molar-refractivity contribution in [3.05, 3.63) is 223 Å². The molecule has 0 saturated heterocycles. The molecular formula is C62H41N3O2. The van der Waals surface area contributed by atoms with Gasteiger partial charge in [-0.15, -0.1) is 0 Å². The summed E-state index contributed by atoms with van der Waals surface area (Å²) in [6.07, 6.45) is 0.817. The number of aliphatic imine (C=N–C) groups is 2. The molecule has 14 rings (SSSR count). The Morgan fingerprint density at radius 2 is 1.16 bits per heavy atom. The van der Waals surface area contributed by atoms with Crippen LogP contribution in [0.2, 0.25) is 0 Å². The first-order valence-electron chi connectivity index (χ1n) is 23.2. The molecule has 0 spiro atoms. The van der Waals surface area contributed by atoms with E-state index in [1.54, 1.807) is 0 Å². The number of nitrogens with zero attached hydrogens (tertiary/aromatic N) is 3. The van der Waals surface area contributed by atoms with Crippen LogP contribution in [0.4, 0.5) is 0 Å². The van der Waals surface area contributed by atoms with Crippen LogP contribution in [-0.2, 0) is 0 Å². The van der Waals surface area contributed by atoms with Gasteiger partial charge in [-0.3, -0.25) is 4.99 Å². The topological polar surface area (TPSA) is 55.9 Å². The van der Waals surface area contributed by atoms with E-state index in [0.717, 1.165) is 95.0 Å². The highest BCUT2D eigenvalue weighted by atomic mass is 16.3. The molecule has 2 unspecified atom stereocenters. The lowest BCUT2D eigenvalue weighted by Gasteiger charge is -2.30. The molecule has 0 saturated carbocycles. The summed E-state index contributed by atoms with van der Waals surface area (Å²) in [5.41, 5.74) is 13.1. The number of amidine groups is 1. The highest BCUT2D eigenvalue weighted by Crippen LogP contribution is 2.45. The van der Waals surface area contributed by atoms with Crippen molar-refractivity contribution in [2.75, 3.05) is 0 Å². The number of rotatable bonds is 6. The number of hydrogen-bond acceptors (Lipinski definition) is 4. The van der Waals surface area contributed by atoms with Crippen LogP contribution in [0.15, 0.2) is 225 Å². The summed E-state index contributed by atoms with van der Waals surface area (Å²) in [6.45, 7) is 2.26. The Bertz CT molecular complexity index is 4220. The molecule has 0 fully saturated rings. The molecule has 316 valence electrons. The van der Waals surface area contributed by atoms with Crippen LogP contribution < -0.4 is 0 Å². The van der Waals surface area contributed by atoms with E-state index >= 15 is 0 Å². The summed E-state index contributed by atoms with van der Waals surface area (Å²) in [6, 6.07) is 73.6. The largest absolute Gasteiger partial charge is 0.456 e. The average molecular weight is 860 g/mol. The second-order valence-corrected chi connectivity index (χ2v) is 17.9. The fourth-order valence-electron chi connectivity index (χ4n) is 11.0. The van der Waals surface area contributed by atoms with Crippen molar-refractivity contribution in [3.8, 4) is 16.8 Å². The van der Waals surface area contributed by atoms with Crippen LogP contribution in [0.25, 0.3) is 104 Å². The van der Waals surface area contributed by atoms with Gasteiger partial charge >= 0.3 is 0 Å². The second kappa shape index (κ2) is 14.7. The van der Waals surface area contributed by atoms with Gasteiger partial charge in [-0.1, -0.05) is 146 Å². The predicted molar refractivity (Wildman–Crippen MR) is 278 cm³/mol. The molecular weight excluding hydrogens is 819 g/mol. The lowest BCUT2D eigenvalue weighted by atomic mass is 9.82. The number of para-hydroxylation sites is 2. The molecule has 1 aliphatic rings. The van der Waals surface area contributed by atoms with Crippen LogP contribution >= 0.6 is 0 Å². The van der Waals surface area contributed by atoms with Gasteiger partial charge in [0.05, 0.1) is 33.9 Å². The molecule has 1 aliphatic heterocycles. The summed E-state index contributed by atoms with van der Waals surface area (Å²) in [5, 5.41) is 11.6. The first-order valence-corrected chi connectivity index (χ1v) is 23.2. The van der Waals surface area contributed by atoms with Crippen molar-refractivity contribution >= 4 is 98.8 Å². The summed E-state index contributed by atoms with van der Waals surface area (Å²) in [4.78, 5) is 11.3. The number of hydrogen-bond donors (Lipinski definition) is 0. The molecule has 13 aromatic rings. The third kappa shape index (κ3) is 5.81. The Hall–Kier alpha value is -8.54. The highest BCUT2D eigenvalue weighted by molar-refractivity contribution is 6.26. The quantitative estimate of drug-likeness (QED) is 0.167. The molecule has 0 aliphatic carbocycles. The number of benzene rings is 10. The smallest absolute Gasteiger partial charge is 0.155 e. The molecule has 0 amide bonds. The lowest BCUT2D eigenvalue weighted by Crippen LogP contribution is -2.28. The Morgan fingerprint density at radius 3 is 2.00 bits per heavy atom. The van der Waals surface area contributed by atoms with Gasteiger partial charge < -0.3 is 13.4 Å². The zero-order valence-corrected chi connectivity index (χ0v) is 36.6. The third-order valence-electron chi connectivity index (χ3n) is 14.2. The average Bonchev–Trinajstić information content (AvgIpc) is 4.07. The van der Waals surface area contributed by atoms with Crippen molar-refractivity contribution in [3.63, 3.8) is 0 Å². The van der Waals surface area contributed by atoms with Gasteiger partial charge in [0.2, 0.25) is 0 Å². The van der Waals surface area contributed by atoms with E-state index in [2.05, 4.69) is 206 Å². The molecule has 5 nitrogen and oxygen atoms in total.